The van der Waals surface area contributed by atoms with Gasteiger partial charge in [-0.2, -0.15) is 41.6 Å². The molecular formula is C11H9ClF6N4O2. The lowest BCUT2D eigenvalue weighted by atomic mass is 10.1. The molecule has 134 valence electrons. The Balaban J connectivity index is 2.55. The minimum Gasteiger partial charge on any atom is -0.362 e. The van der Waals surface area contributed by atoms with Crippen molar-refractivity contribution in [3.63, 3.8) is 0 Å². The zero-order valence-electron chi connectivity index (χ0n) is 12.0. The maximum Gasteiger partial charge on any atom is 0.438 e. The highest BCUT2D eigenvalue weighted by Crippen LogP contribution is 2.42. The lowest BCUT2D eigenvalue weighted by Gasteiger charge is -2.32. The molecule has 1 aliphatic heterocycles. The topological polar surface area (TPSA) is 70.7 Å². The molecule has 0 spiro atoms. The van der Waals surface area contributed by atoms with E-state index >= 15 is 0 Å². The lowest BCUT2D eigenvalue weighted by Crippen LogP contribution is -2.56. The van der Waals surface area contributed by atoms with Crippen molar-refractivity contribution in [3.8, 4) is 0 Å². The van der Waals surface area contributed by atoms with Gasteiger partial charge < -0.3 is 5.11 Å². The molecule has 1 N–H and O–H groups in total. The standard InChI is InChI=1S/C11H9ClF6N4O2/c1-4-3-9(24,11(16,17)18)22(19-4)8(23)6-5(12)7(10(13,14)15)20-21(6)2/h24H,3H2,1-2H3. The number of nitrogens with zero attached hydrogens (tertiary/aromatic N) is 4. The van der Waals surface area contributed by atoms with Crippen LogP contribution in [0, 0.1) is 0 Å². The Labute approximate surface area is 135 Å². The van der Waals surface area contributed by atoms with Crippen molar-refractivity contribution in [3.05, 3.63) is 16.4 Å². The zero-order chi connectivity index (χ0) is 18.7. The summed E-state index contributed by atoms with van der Waals surface area (Å²) in [5.74, 6) is -1.66. The Bertz CT molecular complexity index is 725. The van der Waals surface area contributed by atoms with Gasteiger partial charge in [0.15, 0.2) is 5.69 Å². The molecule has 0 saturated heterocycles. The number of hydrogen-bond donors (Lipinski definition) is 1. The van der Waals surface area contributed by atoms with Crippen molar-refractivity contribution in [1.29, 1.82) is 0 Å². The summed E-state index contributed by atoms with van der Waals surface area (Å²) in [6, 6.07) is 0. The first-order valence-corrected chi connectivity index (χ1v) is 6.55. The van der Waals surface area contributed by atoms with Gasteiger partial charge in [-0.1, -0.05) is 11.6 Å². The van der Waals surface area contributed by atoms with Gasteiger partial charge in [0.05, 0.1) is 0 Å². The van der Waals surface area contributed by atoms with E-state index in [1.165, 1.54) is 0 Å². The molecule has 2 rings (SSSR count). The van der Waals surface area contributed by atoms with E-state index < -0.39 is 46.8 Å². The molecule has 1 aromatic heterocycles. The Morgan fingerprint density at radius 1 is 1.29 bits per heavy atom. The summed E-state index contributed by atoms with van der Waals surface area (Å²) < 4.78 is 77.9. The first-order valence-electron chi connectivity index (χ1n) is 6.17. The predicted molar refractivity (Wildman–Crippen MR) is 68.1 cm³/mol. The van der Waals surface area contributed by atoms with E-state index in [1.807, 2.05) is 0 Å². The lowest BCUT2D eigenvalue weighted by molar-refractivity contribution is -0.297. The monoisotopic (exact) mass is 378 g/mol. The van der Waals surface area contributed by atoms with Crippen LogP contribution in [0.5, 0.6) is 0 Å². The van der Waals surface area contributed by atoms with Crippen LogP contribution in [0.15, 0.2) is 5.10 Å². The summed E-state index contributed by atoms with van der Waals surface area (Å²) in [7, 11) is 0.896. The zero-order valence-corrected chi connectivity index (χ0v) is 12.8. The number of aryl methyl sites for hydroxylation is 1. The van der Waals surface area contributed by atoms with Gasteiger partial charge in [0, 0.05) is 19.2 Å². The van der Waals surface area contributed by atoms with Gasteiger partial charge in [-0.15, -0.1) is 0 Å². The van der Waals surface area contributed by atoms with Crippen molar-refractivity contribution < 1.29 is 36.2 Å². The predicted octanol–water partition coefficient (Wildman–Crippen LogP) is 2.56. The van der Waals surface area contributed by atoms with E-state index in [-0.39, 0.29) is 10.7 Å². The summed E-state index contributed by atoms with van der Waals surface area (Å²) in [6.45, 7) is 1.12. The third-order valence-corrected chi connectivity index (χ3v) is 3.59. The number of aromatic nitrogens is 2. The van der Waals surface area contributed by atoms with Gasteiger partial charge in [0.1, 0.15) is 10.7 Å². The fourth-order valence-corrected chi connectivity index (χ4v) is 2.51. The quantitative estimate of drug-likeness (QED) is 0.764. The van der Waals surface area contributed by atoms with Crippen molar-refractivity contribution in [2.45, 2.75) is 31.4 Å². The molecule has 24 heavy (non-hydrogen) atoms. The largest absolute Gasteiger partial charge is 0.438 e. The van der Waals surface area contributed by atoms with Crippen LogP contribution in [0.25, 0.3) is 0 Å². The minimum absolute atomic E-state index is 0.238. The molecule has 0 radical (unpaired) electrons. The van der Waals surface area contributed by atoms with Crippen molar-refractivity contribution in [1.82, 2.24) is 14.8 Å². The number of halogens is 7. The number of rotatable bonds is 1. The van der Waals surface area contributed by atoms with Gasteiger partial charge in [-0.05, 0) is 6.92 Å². The molecule has 0 aliphatic carbocycles. The molecule has 13 heteroatoms. The van der Waals surface area contributed by atoms with Crippen LogP contribution < -0.4 is 0 Å². The maximum absolute atomic E-state index is 13.1. The second-order valence-electron chi connectivity index (χ2n) is 5.08. The Hall–Kier alpha value is -1.82. The van der Waals surface area contributed by atoms with Crippen molar-refractivity contribution in [2.75, 3.05) is 0 Å². The fourth-order valence-electron chi connectivity index (χ4n) is 2.17. The molecule has 0 fully saturated rings. The summed E-state index contributed by atoms with van der Waals surface area (Å²) in [4.78, 5) is 12.3. The van der Waals surface area contributed by atoms with E-state index in [0.717, 1.165) is 14.0 Å². The second-order valence-corrected chi connectivity index (χ2v) is 5.45. The van der Waals surface area contributed by atoms with Gasteiger partial charge >= 0.3 is 12.4 Å². The molecule has 1 aromatic rings. The van der Waals surface area contributed by atoms with Crippen LogP contribution in [0.2, 0.25) is 5.02 Å². The second kappa shape index (κ2) is 5.34. The highest BCUT2D eigenvalue weighted by atomic mass is 35.5. The number of aliphatic hydroxyl groups is 1. The van der Waals surface area contributed by atoms with E-state index in [0.29, 0.717) is 4.68 Å². The number of alkyl halides is 6. The van der Waals surface area contributed by atoms with E-state index in [4.69, 9.17) is 11.6 Å². The number of hydrogen-bond acceptors (Lipinski definition) is 4. The number of carbonyl (C=O) groups excluding carboxylic acids is 1. The molecular weight excluding hydrogens is 370 g/mol. The molecule has 2 heterocycles. The molecule has 0 saturated carbocycles. The normalized spacial score (nSPS) is 22.1. The van der Waals surface area contributed by atoms with Crippen LogP contribution in [0.3, 0.4) is 0 Å². The average molecular weight is 379 g/mol. The fraction of sp³-hybridized carbons (Fsp3) is 0.545. The highest BCUT2D eigenvalue weighted by Gasteiger charge is 2.63. The number of carbonyl (C=O) groups is 1. The summed E-state index contributed by atoms with van der Waals surface area (Å²) in [5, 5.41) is 14.6. The van der Waals surface area contributed by atoms with Crippen LogP contribution in [-0.2, 0) is 13.2 Å². The van der Waals surface area contributed by atoms with E-state index in [9.17, 15) is 36.2 Å². The number of amides is 1. The summed E-state index contributed by atoms with van der Waals surface area (Å²) in [5.41, 5.74) is -6.53. The molecule has 1 atom stereocenters. The molecule has 1 amide bonds. The third-order valence-electron chi connectivity index (χ3n) is 3.23. The minimum atomic E-state index is -5.29. The Morgan fingerprint density at radius 3 is 2.25 bits per heavy atom. The van der Waals surface area contributed by atoms with Crippen LogP contribution in [0.1, 0.15) is 29.5 Å². The highest BCUT2D eigenvalue weighted by molar-refractivity contribution is 6.34. The van der Waals surface area contributed by atoms with Gasteiger partial charge in [-0.3, -0.25) is 9.48 Å². The SMILES string of the molecule is CC1=NN(C(=O)c2c(Cl)c(C(F)(F)F)nn2C)C(O)(C(F)(F)F)C1. The maximum atomic E-state index is 13.1. The van der Waals surface area contributed by atoms with Crippen LogP contribution in [0.4, 0.5) is 26.3 Å². The van der Waals surface area contributed by atoms with Crippen LogP contribution >= 0.6 is 11.6 Å². The first kappa shape index (κ1) is 18.5. The first-order chi connectivity index (χ1) is 10.7. The van der Waals surface area contributed by atoms with Gasteiger partial charge in [0.2, 0.25) is 0 Å². The van der Waals surface area contributed by atoms with E-state index in [2.05, 4.69) is 10.2 Å². The molecule has 1 unspecified atom stereocenters. The van der Waals surface area contributed by atoms with Crippen molar-refractivity contribution >= 4 is 23.2 Å². The molecule has 0 bridgehead atoms. The molecule has 1 aliphatic rings. The Kier molecular flexibility index (Phi) is 4.12. The average Bonchev–Trinajstić information content (AvgIpc) is 2.85. The number of hydrazone groups is 1. The van der Waals surface area contributed by atoms with Crippen molar-refractivity contribution in [2.24, 2.45) is 12.1 Å². The molecule has 6 nitrogen and oxygen atoms in total. The van der Waals surface area contributed by atoms with Gasteiger partial charge in [-0.25, -0.2) is 0 Å². The Morgan fingerprint density at radius 2 is 1.83 bits per heavy atom. The third kappa shape index (κ3) is 2.73. The smallest absolute Gasteiger partial charge is 0.362 e. The van der Waals surface area contributed by atoms with Gasteiger partial charge in [0.25, 0.3) is 11.6 Å². The summed E-state index contributed by atoms with van der Waals surface area (Å²) in [6.07, 6.45) is -11.3. The molecule has 0 aromatic carbocycles. The van der Waals surface area contributed by atoms with E-state index in [1.54, 1.807) is 0 Å². The summed E-state index contributed by atoms with van der Waals surface area (Å²) >= 11 is 5.47. The van der Waals surface area contributed by atoms with Crippen LogP contribution in [-0.4, -0.2) is 43.4 Å².